The molecule has 2 atom stereocenters. The molecule has 0 aromatic heterocycles. The van der Waals surface area contributed by atoms with Crippen molar-refractivity contribution < 1.29 is 14.3 Å². The molecule has 0 radical (unpaired) electrons. The summed E-state index contributed by atoms with van der Waals surface area (Å²) < 4.78 is 5.48. The van der Waals surface area contributed by atoms with E-state index in [1.54, 1.807) is 0 Å². The molecule has 1 aliphatic rings. The zero-order valence-corrected chi connectivity index (χ0v) is 15.8. The minimum absolute atomic E-state index is 0.000447. The summed E-state index contributed by atoms with van der Waals surface area (Å²) in [5.74, 6) is 0.00221. The van der Waals surface area contributed by atoms with E-state index in [9.17, 15) is 9.59 Å². The lowest BCUT2D eigenvalue weighted by Crippen LogP contribution is -2.43. The van der Waals surface area contributed by atoms with Crippen molar-refractivity contribution in [2.75, 3.05) is 6.61 Å². The van der Waals surface area contributed by atoms with Gasteiger partial charge in [-0.15, -0.1) is 12.6 Å². The molecule has 1 aliphatic carbocycles. The average molecular weight is 369 g/mol. The number of amides is 1. The highest BCUT2D eigenvalue weighted by molar-refractivity contribution is 7.96. The lowest BCUT2D eigenvalue weighted by Gasteiger charge is -2.21. The third kappa shape index (κ3) is 3.63. The molecule has 5 heteroatoms. The van der Waals surface area contributed by atoms with Crippen LogP contribution in [0.5, 0.6) is 0 Å². The lowest BCUT2D eigenvalue weighted by atomic mass is 9.98. The van der Waals surface area contributed by atoms with Crippen molar-refractivity contribution in [1.82, 2.24) is 5.32 Å². The lowest BCUT2D eigenvalue weighted by molar-refractivity contribution is -0.113. The van der Waals surface area contributed by atoms with E-state index in [0.29, 0.717) is 0 Å². The van der Waals surface area contributed by atoms with Crippen molar-refractivity contribution in [2.24, 2.45) is 5.92 Å². The van der Waals surface area contributed by atoms with Crippen molar-refractivity contribution in [3.63, 3.8) is 0 Å². The van der Waals surface area contributed by atoms with Gasteiger partial charge in [0.2, 0.25) is 5.12 Å². The maximum atomic E-state index is 12.2. The molecule has 0 fully saturated rings. The molecule has 2 aromatic carbocycles. The molecule has 4 nitrogen and oxygen atoms in total. The van der Waals surface area contributed by atoms with Gasteiger partial charge in [-0.2, -0.15) is 0 Å². The van der Waals surface area contributed by atoms with Gasteiger partial charge in [0.1, 0.15) is 12.6 Å². The van der Waals surface area contributed by atoms with E-state index in [0.717, 1.165) is 17.5 Å². The summed E-state index contributed by atoms with van der Waals surface area (Å²) in [7, 11) is 0. The SMILES string of the molecule is CCC(C)[C@H](NC(=O)OCC1c2ccccc2-c2ccccc21)C(=O)S. The number of carbonyl (C=O) groups is 2. The highest BCUT2D eigenvalue weighted by Gasteiger charge is 2.30. The monoisotopic (exact) mass is 369 g/mol. The second kappa shape index (κ2) is 7.96. The van der Waals surface area contributed by atoms with Gasteiger partial charge >= 0.3 is 6.09 Å². The van der Waals surface area contributed by atoms with Crippen LogP contribution in [-0.2, 0) is 9.53 Å². The first-order chi connectivity index (χ1) is 12.5. The summed E-state index contributed by atoms with van der Waals surface area (Å²) in [4.78, 5) is 23.9. The maximum Gasteiger partial charge on any atom is 0.407 e. The summed E-state index contributed by atoms with van der Waals surface area (Å²) in [5.41, 5.74) is 4.68. The van der Waals surface area contributed by atoms with E-state index in [-0.39, 0.29) is 23.6 Å². The molecule has 0 saturated carbocycles. The fourth-order valence-corrected chi connectivity index (χ4v) is 3.77. The van der Waals surface area contributed by atoms with Crippen LogP contribution in [0.25, 0.3) is 11.1 Å². The fraction of sp³-hybridized carbons (Fsp3) is 0.333. The number of carbonyl (C=O) groups excluding carboxylic acids is 2. The van der Waals surface area contributed by atoms with Crippen molar-refractivity contribution in [3.05, 3.63) is 59.7 Å². The Hall–Kier alpha value is -2.27. The molecule has 1 N–H and O–H groups in total. The van der Waals surface area contributed by atoms with Gasteiger partial charge in [0.15, 0.2) is 0 Å². The Balaban J connectivity index is 1.72. The standard InChI is InChI=1S/C21H23NO3S/c1-3-13(2)19(20(23)26)22-21(24)25-12-18-16-10-6-4-8-14(16)15-9-5-7-11-17(15)18/h4-11,13,18-19H,3,12H2,1-2H3,(H,22,24)(H,23,26)/t13?,19-/m0/s1. The zero-order valence-electron chi connectivity index (χ0n) is 14.9. The van der Waals surface area contributed by atoms with E-state index >= 15 is 0 Å². The van der Waals surface area contributed by atoms with Crippen LogP contribution in [0.3, 0.4) is 0 Å². The molecule has 3 rings (SSSR count). The molecule has 0 bridgehead atoms. The molecular formula is C21H23NO3S. The third-order valence-electron chi connectivity index (χ3n) is 5.10. The first-order valence-electron chi connectivity index (χ1n) is 8.87. The number of hydrogen-bond acceptors (Lipinski definition) is 3. The van der Waals surface area contributed by atoms with Crippen LogP contribution in [0.4, 0.5) is 4.79 Å². The molecule has 0 heterocycles. The minimum atomic E-state index is -0.640. The van der Waals surface area contributed by atoms with Crippen LogP contribution in [0.2, 0.25) is 0 Å². The van der Waals surface area contributed by atoms with Crippen LogP contribution in [0.15, 0.2) is 48.5 Å². The van der Waals surface area contributed by atoms with Gasteiger partial charge in [0.05, 0.1) is 0 Å². The van der Waals surface area contributed by atoms with Crippen molar-refractivity contribution in [1.29, 1.82) is 0 Å². The van der Waals surface area contributed by atoms with Gasteiger partial charge in [-0.25, -0.2) is 4.79 Å². The number of fused-ring (bicyclic) bond motifs is 3. The third-order valence-corrected chi connectivity index (χ3v) is 5.37. The Morgan fingerprint density at radius 1 is 1.08 bits per heavy atom. The predicted molar refractivity (Wildman–Crippen MR) is 105 cm³/mol. The van der Waals surface area contributed by atoms with E-state index in [4.69, 9.17) is 4.74 Å². The number of rotatable bonds is 6. The Bertz CT molecular complexity index is 775. The molecule has 0 aliphatic heterocycles. The van der Waals surface area contributed by atoms with Gasteiger partial charge < -0.3 is 10.1 Å². The summed E-state index contributed by atoms with van der Waals surface area (Å²) in [6.07, 6.45) is 0.181. The van der Waals surface area contributed by atoms with Crippen molar-refractivity contribution in [2.45, 2.75) is 32.2 Å². The molecule has 1 amide bonds. The van der Waals surface area contributed by atoms with Crippen molar-refractivity contribution >= 4 is 23.8 Å². The normalized spacial score (nSPS) is 14.9. The zero-order chi connectivity index (χ0) is 18.7. The van der Waals surface area contributed by atoms with Crippen LogP contribution in [0, 0.1) is 5.92 Å². The van der Waals surface area contributed by atoms with E-state index in [2.05, 4.69) is 42.2 Å². The highest BCUT2D eigenvalue weighted by Crippen LogP contribution is 2.44. The number of nitrogens with one attached hydrogen (secondary N) is 1. The summed E-state index contributed by atoms with van der Waals surface area (Å²) in [6, 6.07) is 15.7. The summed E-state index contributed by atoms with van der Waals surface area (Å²) >= 11 is 3.88. The number of ether oxygens (including phenoxy) is 1. The second-order valence-corrected chi connectivity index (χ2v) is 7.11. The summed E-state index contributed by atoms with van der Waals surface area (Å²) in [5, 5.41) is 2.30. The first kappa shape index (κ1) is 18.5. The van der Waals surface area contributed by atoms with Gasteiger partial charge in [-0.3, -0.25) is 4.79 Å². The van der Waals surface area contributed by atoms with Crippen molar-refractivity contribution in [3.8, 4) is 11.1 Å². The summed E-state index contributed by atoms with van der Waals surface area (Å²) in [6.45, 7) is 4.10. The second-order valence-electron chi connectivity index (χ2n) is 6.67. The molecule has 26 heavy (non-hydrogen) atoms. The van der Waals surface area contributed by atoms with Gasteiger partial charge in [-0.05, 0) is 28.2 Å². The van der Waals surface area contributed by atoms with Gasteiger partial charge in [0, 0.05) is 5.92 Å². The number of benzene rings is 2. The Kier molecular flexibility index (Phi) is 5.67. The van der Waals surface area contributed by atoms with Crippen LogP contribution >= 0.6 is 12.6 Å². The predicted octanol–water partition coefficient (Wildman–Crippen LogP) is 4.40. The van der Waals surface area contributed by atoms with E-state index in [1.807, 2.05) is 38.1 Å². The number of alkyl carbamates (subject to hydrolysis) is 1. The van der Waals surface area contributed by atoms with Crippen LogP contribution < -0.4 is 5.32 Å². The molecule has 0 spiro atoms. The topological polar surface area (TPSA) is 55.4 Å². The van der Waals surface area contributed by atoms with Gasteiger partial charge in [0.25, 0.3) is 0 Å². The highest BCUT2D eigenvalue weighted by atomic mass is 32.1. The average Bonchev–Trinajstić information content (AvgIpc) is 2.97. The molecular weight excluding hydrogens is 346 g/mol. The Morgan fingerprint density at radius 3 is 2.12 bits per heavy atom. The quantitative estimate of drug-likeness (QED) is 0.742. The Labute approximate surface area is 159 Å². The number of thiol groups is 1. The van der Waals surface area contributed by atoms with E-state index in [1.165, 1.54) is 11.1 Å². The molecule has 0 saturated heterocycles. The van der Waals surface area contributed by atoms with Crippen LogP contribution in [-0.4, -0.2) is 23.9 Å². The molecule has 136 valence electrons. The van der Waals surface area contributed by atoms with Crippen LogP contribution in [0.1, 0.15) is 37.3 Å². The fourth-order valence-electron chi connectivity index (χ4n) is 3.45. The Morgan fingerprint density at radius 2 is 1.62 bits per heavy atom. The van der Waals surface area contributed by atoms with Gasteiger partial charge in [-0.1, -0.05) is 68.8 Å². The smallest absolute Gasteiger partial charge is 0.407 e. The number of hydrogen-bond donors (Lipinski definition) is 2. The largest absolute Gasteiger partial charge is 0.449 e. The maximum absolute atomic E-state index is 12.2. The minimum Gasteiger partial charge on any atom is -0.449 e. The molecule has 2 aromatic rings. The first-order valence-corrected chi connectivity index (χ1v) is 9.32. The molecule has 1 unspecified atom stereocenters. The van der Waals surface area contributed by atoms with E-state index < -0.39 is 12.1 Å².